The summed E-state index contributed by atoms with van der Waals surface area (Å²) in [5, 5.41) is 0. The van der Waals surface area contributed by atoms with Crippen LogP contribution < -0.4 is 0 Å². The summed E-state index contributed by atoms with van der Waals surface area (Å²) in [4.78, 5) is 37.9. The summed E-state index contributed by atoms with van der Waals surface area (Å²) in [7, 11) is 0. The number of hydrogen-bond donors (Lipinski definition) is 0. The van der Waals surface area contributed by atoms with E-state index in [4.69, 9.17) is 14.2 Å². The number of unbranched alkanes of at least 4 members (excludes halogenated alkanes) is 41. The lowest BCUT2D eigenvalue weighted by molar-refractivity contribution is -0.167. The minimum Gasteiger partial charge on any atom is -0.462 e. The smallest absolute Gasteiger partial charge is 0.306 e. The van der Waals surface area contributed by atoms with E-state index in [-0.39, 0.29) is 31.1 Å². The fourth-order valence-electron chi connectivity index (χ4n) is 9.12. The lowest BCUT2D eigenvalue weighted by Crippen LogP contribution is -2.30. The molecule has 0 spiro atoms. The van der Waals surface area contributed by atoms with Gasteiger partial charge in [0, 0.05) is 19.3 Å². The van der Waals surface area contributed by atoms with Crippen molar-refractivity contribution >= 4 is 17.9 Å². The van der Waals surface area contributed by atoms with Crippen LogP contribution in [-0.4, -0.2) is 37.2 Å². The van der Waals surface area contributed by atoms with Gasteiger partial charge in [-0.25, -0.2) is 0 Å². The Morgan fingerprint density at radius 3 is 0.809 bits per heavy atom. The SMILES string of the molecule is CCCCCCC/C=C\C/C=C\CCCCCCCCCCCCCCCCCCCC(=O)OCC(COC(=O)CCCCCCCCC)OC(=O)CCCCCCCCCCCCCCCC. The van der Waals surface area contributed by atoms with E-state index >= 15 is 0 Å². The van der Waals surface area contributed by atoms with Crippen LogP contribution in [0.3, 0.4) is 0 Å². The van der Waals surface area contributed by atoms with E-state index in [1.807, 2.05) is 0 Å². The molecule has 0 bridgehead atoms. The number of carbonyl (C=O) groups is 3. The zero-order valence-corrected chi connectivity index (χ0v) is 45.9. The highest BCUT2D eigenvalue weighted by atomic mass is 16.6. The van der Waals surface area contributed by atoms with Gasteiger partial charge in [-0.1, -0.05) is 289 Å². The third-order valence-electron chi connectivity index (χ3n) is 13.7. The molecule has 0 aromatic carbocycles. The minimum atomic E-state index is -0.763. The summed E-state index contributed by atoms with van der Waals surface area (Å²) in [6.45, 7) is 6.63. The molecule has 6 nitrogen and oxygen atoms in total. The molecule has 0 saturated carbocycles. The first-order valence-electron chi connectivity index (χ1n) is 30.3. The maximum Gasteiger partial charge on any atom is 0.306 e. The molecule has 0 saturated heterocycles. The van der Waals surface area contributed by atoms with Crippen molar-refractivity contribution < 1.29 is 28.6 Å². The van der Waals surface area contributed by atoms with Gasteiger partial charge < -0.3 is 14.2 Å². The molecule has 0 aliphatic rings. The molecule has 68 heavy (non-hydrogen) atoms. The average Bonchev–Trinajstić information content (AvgIpc) is 3.34. The fraction of sp³-hybridized carbons (Fsp3) is 0.887. The van der Waals surface area contributed by atoms with Gasteiger partial charge in [0.25, 0.3) is 0 Å². The number of allylic oxidation sites excluding steroid dienone is 4. The zero-order valence-electron chi connectivity index (χ0n) is 45.9. The first-order chi connectivity index (χ1) is 33.5. The normalized spacial score (nSPS) is 12.1. The monoisotopic (exact) mass is 957 g/mol. The Bertz CT molecular complexity index is 1100. The first-order valence-corrected chi connectivity index (χ1v) is 30.3. The fourth-order valence-corrected chi connectivity index (χ4v) is 9.12. The van der Waals surface area contributed by atoms with Crippen LogP contribution >= 0.6 is 0 Å². The van der Waals surface area contributed by atoms with Crippen LogP contribution in [0.25, 0.3) is 0 Å². The number of hydrogen-bond acceptors (Lipinski definition) is 6. The van der Waals surface area contributed by atoms with Crippen molar-refractivity contribution in [2.75, 3.05) is 13.2 Å². The third-order valence-corrected chi connectivity index (χ3v) is 13.7. The lowest BCUT2D eigenvalue weighted by Gasteiger charge is -2.18. The Morgan fingerprint density at radius 1 is 0.294 bits per heavy atom. The highest BCUT2D eigenvalue weighted by Gasteiger charge is 2.19. The highest BCUT2D eigenvalue weighted by molar-refractivity contribution is 5.71. The summed E-state index contributed by atoms with van der Waals surface area (Å²) in [5.41, 5.74) is 0. The van der Waals surface area contributed by atoms with Crippen molar-refractivity contribution in [1.82, 2.24) is 0 Å². The van der Waals surface area contributed by atoms with E-state index in [0.717, 1.165) is 64.2 Å². The largest absolute Gasteiger partial charge is 0.462 e. The molecule has 0 radical (unpaired) electrons. The molecule has 0 rings (SSSR count). The molecule has 0 aliphatic heterocycles. The topological polar surface area (TPSA) is 78.9 Å². The third kappa shape index (κ3) is 54.8. The van der Waals surface area contributed by atoms with Gasteiger partial charge in [0.05, 0.1) is 0 Å². The van der Waals surface area contributed by atoms with E-state index in [0.29, 0.717) is 19.3 Å². The lowest BCUT2D eigenvalue weighted by atomic mass is 10.0. The highest BCUT2D eigenvalue weighted by Crippen LogP contribution is 2.17. The van der Waals surface area contributed by atoms with Gasteiger partial charge in [-0.15, -0.1) is 0 Å². The van der Waals surface area contributed by atoms with Crippen LogP contribution in [-0.2, 0) is 28.6 Å². The van der Waals surface area contributed by atoms with Crippen molar-refractivity contribution in [2.24, 2.45) is 0 Å². The second-order valence-electron chi connectivity index (χ2n) is 20.6. The van der Waals surface area contributed by atoms with E-state index in [1.165, 1.54) is 231 Å². The van der Waals surface area contributed by atoms with Crippen LogP contribution in [0.2, 0.25) is 0 Å². The van der Waals surface area contributed by atoms with Crippen molar-refractivity contribution in [3.63, 3.8) is 0 Å². The second-order valence-corrected chi connectivity index (χ2v) is 20.6. The van der Waals surface area contributed by atoms with Crippen LogP contribution in [0.4, 0.5) is 0 Å². The van der Waals surface area contributed by atoms with Crippen molar-refractivity contribution in [2.45, 2.75) is 341 Å². The van der Waals surface area contributed by atoms with Gasteiger partial charge in [-0.05, 0) is 51.4 Å². The summed E-state index contributed by atoms with van der Waals surface area (Å²) in [5.74, 6) is -0.851. The van der Waals surface area contributed by atoms with E-state index in [1.54, 1.807) is 0 Å². The second kappa shape index (κ2) is 57.5. The van der Waals surface area contributed by atoms with Crippen molar-refractivity contribution in [3.05, 3.63) is 24.3 Å². The summed E-state index contributed by atoms with van der Waals surface area (Å²) in [6.07, 6.45) is 67.8. The maximum absolute atomic E-state index is 12.8. The molecule has 6 heteroatoms. The Hall–Kier alpha value is -2.11. The van der Waals surface area contributed by atoms with Gasteiger partial charge in [-0.3, -0.25) is 14.4 Å². The molecule has 0 heterocycles. The van der Waals surface area contributed by atoms with Gasteiger partial charge in [0.2, 0.25) is 0 Å². The van der Waals surface area contributed by atoms with Crippen molar-refractivity contribution in [3.8, 4) is 0 Å². The molecule has 0 aromatic heterocycles. The molecular formula is C62H116O6. The van der Waals surface area contributed by atoms with Crippen LogP contribution in [0.5, 0.6) is 0 Å². The molecule has 0 aromatic rings. The van der Waals surface area contributed by atoms with E-state index in [9.17, 15) is 14.4 Å². The number of rotatable bonds is 56. The van der Waals surface area contributed by atoms with Crippen LogP contribution in [0, 0.1) is 0 Å². The van der Waals surface area contributed by atoms with Crippen LogP contribution in [0.1, 0.15) is 335 Å². The Kier molecular flexibility index (Phi) is 55.7. The van der Waals surface area contributed by atoms with Crippen LogP contribution in [0.15, 0.2) is 24.3 Å². The molecule has 0 amide bonds. The predicted octanol–water partition coefficient (Wildman–Crippen LogP) is 20.3. The molecule has 0 N–H and O–H groups in total. The molecule has 0 aliphatic carbocycles. The van der Waals surface area contributed by atoms with Gasteiger partial charge >= 0.3 is 17.9 Å². The Morgan fingerprint density at radius 2 is 0.529 bits per heavy atom. The quantitative estimate of drug-likeness (QED) is 0.0262. The standard InChI is InChI=1S/C62H116O6/c1-4-7-10-13-16-18-20-22-24-25-26-27-28-29-30-31-32-33-34-35-36-37-38-40-41-43-46-49-52-55-61(64)67-58-59(57-66-60(63)54-51-48-45-15-12-9-6-3)68-62(65)56-53-50-47-44-42-39-23-21-19-17-14-11-8-5-2/h20,22,25-26,59H,4-19,21,23-24,27-58H2,1-3H3/b22-20-,26-25-. The molecule has 1 unspecified atom stereocenters. The summed E-state index contributed by atoms with van der Waals surface area (Å²) < 4.78 is 16.8. The molecule has 1 atom stereocenters. The van der Waals surface area contributed by atoms with Gasteiger partial charge in [-0.2, -0.15) is 0 Å². The molecular weight excluding hydrogens is 841 g/mol. The maximum atomic E-state index is 12.8. The molecule has 0 fully saturated rings. The van der Waals surface area contributed by atoms with Gasteiger partial charge in [0.15, 0.2) is 6.10 Å². The zero-order chi connectivity index (χ0) is 49.3. The van der Waals surface area contributed by atoms with Gasteiger partial charge in [0.1, 0.15) is 13.2 Å². The average molecular weight is 958 g/mol. The first kappa shape index (κ1) is 65.9. The Labute approximate surface area is 423 Å². The molecule has 400 valence electrons. The van der Waals surface area contributed by atoms with E-state index in [2.05, 4.69) is 45.1 Å². The van der Waals surface area contributed by atoms with Crippen molar-refractivity contribution in [1.29, 1.82) is 0 Å². The Balaban J connectivity index is 4.00. The number of esters is 3. The summed E-state index contributed by atoms with van der Waals surface area (Å²) in [6, 6.07) is 0. The van der Waals surface area contributed by atoms with E-state index < -0.39 is 6.10 Å². The minimum absolute atomic E-state index is 0.0652. The number of carbonyl (C=O) groups excluding carboxylic acids is 3. The number of ether oxygens (including phenoxy) is 3. The summed E-state index contributed by atoms with van der Waals surface area (Å²) >= 11 is 0. The predicted molar refractivity (Wildman–Crippen MR) is 293 cm³/mol.